The molecule has 0 heterocycles. The molecule has 0 aromatic heterocycles. The predicted molar refractivity (Wildman–Crippen MR) is 89.4 cm³/mol. The first-order valence-electron chi connectivity index (χ1n) is 8.53. The van der Waals surface area contributed by atoms with Gasteiger partial charge in [-0.15, -0.1) is 0 Å². The highest BCUT2D eigenvalue weighted by Crippen LogP contribution is 2.31. The van der Waals surface area contributed by atoms with Crippen LogP contribution in [0.25, 0.3) is 0 Å². The molecule has 0 spiro atoms. The molecule has 0 radical (unpaired) electrons. The van der Waals surface area contributed by atoms with Crippen molar-refractivity contribution in [3.05, 3.63) is 35.4 Å². The molecule has 1 aliphatic carbocycles. The van der Waals surface area contributed by atoms with Crippen LogP contribution in [-0.2, 0) is 6.42 Å². The van der Waals surface area contributed by atoms with Crippen LogP contribution in [-0.4, -0.2) is 29.1 Å². The molecular formula is C19H31NO. The van der Waals surface area contributed by atoms with Gasteiger partial charge in [0, 0.05) is 12.1 Å². The minimum Gasteiger partial charge on any atom is -0.387 e. The molecule has 1 aromatic carbocycles. The van der Waals surface area contributed by atoms with Gasteiger partial charge in [-0.25, -0.2) is 0 Å². The highest BCUT2D eigenvalue weighted by molar-refractivity contribution is 5.25. The van der Waals surface area contributed by atoms with Crippen LogP contribution in [0, 0.1) is 5.92 Å². The Morgan fingerprint density at radius 1 is 1.19 bits per heavy atom. The van der Waals surface area contributed by atoms with Gasteiger partial charge in [0.25, 0.3) is 0 Å². The van der Waals surface area contributed by atoms with E-state index in [0.29, 0.717) is 6.04 Å². The van der Waals surface area contributed by atoms with E-state index in [-0.39, 0.29) is 6.04 Å². The molecule has 1 N–H and O–H groups in total. The molecule has 1 saturated carbocycles. The largest absolute Gasteiger partial charge is 0.387 e. The molecule has 0 saturated heterocycles. The Bertz CT molecular complexity index is 428. The van der Waals surface area contributed by atoms with Crippen LogP contribution >= 0.6 is 0 Å². The van der Waals surface area contributed by atoms with Crippen LogP contribution in [0.1, 0.15) is 63.7 Å². The highest BCUT2D eigenvalue weighted by atomic mass is 16.3. The molecule has 1 aromatic rings. The summed E-state index contributed by atoms with van der Waals surface area (Å²) in [5.74, 6) is 0.737. The molecule has 4 unspecified atom stereocenters. The zero-order valence-electron chi connectivity index (χ0n) is 14.0. The summed E-state index contributed by atoms with van der Waals surface area (Å²) in [7, 11) is 2.18. The number of likely N-dealkylation sites (N-methyl/N-ethyl adjacent to an activating group) is 1. The zero-order valence-corrected chi connectivity index (χ0v) is 14.0. The van der Waals surface area contributed by atoms with Crippen LogP contribution < -0.4 is 0 Å². The van der Waals surface area contributed by atoms with Gasteiger partial charge in [-0.1, -0.05) is 51.0 Å². The molecule has 1 fully saturated rings. The Kier molecular flexibility index (Phi) is 5.83. The highest BCUT2D eigenvalue weighted by Gasteiger charge is 2.30. The van der Waals surface area contributed by atoms with Crippen molar-refractivity contribution < 1.29 is 5.11 Å². The monoisotopic (exact) mass is 289 g/mol. The van der Waals surface area contributed by atoms with E-state index < -0.39 is 6.10 Å². The van der Waals surface area contributed by atoms with Crippen LogP contribution in [0.2, 0.25) is 0 Å². The van der Waals surface area contributed by atoms with Gasteiger partial charge in [0.2, 0.25) is 0 Å². The summed E-state index contributed by atoms with van der Waals surface area (Å²) >= 11 is 0. The average molecular weight is 289 g/mol. The summed E-state index contributed by atoms with van der Waals surface area (Å²) in [5.41, 5.74) is 2.36. The van der Waals surface area contributed by atoms with Crippen LogP contribution in [0.5, 0.6) is 0 Å². The van der Waals surface area contributed by atoms with Crippen molar-refractivity contribution in [2.45, 2.75) is 71.1 Å². The van der Waals surface area contributed by atoms with Gasteiger partial charge in [0.1, 0.15) is 0 Å². The fraction of sp³-hybridized carbons (Fsp3) is 0.684. The van der Waals surface area contributed by atoms with E-state index in [1.807, 2.05) is 0 Å². The van der Waals surface area contributed by atoms with E-state index in [2.05, 4.69) is 57.0 Å². The van der Waals surface area contributed by atoms with Gasteiger partial charge >= 0.3 is 0 Å². The van der Waals surface area contributed by atoms with Gasteiger partial charge in [-0.05, 0) is 50.3 Å². The molecule has 21 heavy (non-hydrogen) atoms. The number of aryl methyl sites for hydroxylation is 1. The van der Waals surface area contributed by atoms with Crippen molar-refractivity contribution >= 4 is 0 Å². The third-order valence-electron chi connectivity index (χ3n) is 5.42. The van der Waals surface area contributed by atoms with E-state index in [4.69, 9.17) is 0 Å². The topological polar surface area (TPSA) is 23.5 Å². The van der Waals surface area contributed by atoms with E-state index in [1.54, 1.807) is 0 Å². The van der Waals surface area contributed by atoms with Crippen LogP contribution in [0.15, 0.2) is 24.3 Å². The number of aliphatic hydroxyl groups excluding tert-OH is 1. The molecule has 2 nitrogen and oxygen atoms in total. The maximum absolute atomic E-state index is 10.7. The van der Waals surface area contributed by atoms with Crippen LogP contribution in [0.3, 0.4) is 0 Å². The van der Waals surface area contributed by atoms with Crippen molar-refractivity contribution in [2.75, 3.05) is 7.05 Å². The minimum absolute atomic E-state index is 0.156. The lowest BCUT2D eigenvalue weighted by Gasteiger charge is -2.41. The summed E-state index contributed by atoms with van der Waals surface area (Å²) < 4.78 is 0. The van der Waals surface area contributed by atoms with Crippen molar-refractivity contribution in [1.82, 2.24) is 4.90 Å². The van der Waals surface area contributed by atoms with Crippen LogP contribution in [0.4, 0.5) is 0 Å². The molecule has 4 atom stereocenters. The molecule has 0 aliphatic heterocycles. The molecule has 2 heteroatoms. The molecule has 0 amide bonds. The average Bonchev–Trinajstić information content (AvgIpc) is 2.53. The maximum atomic E-state index is 10.7. The second-order valence-electron chi connectivity index (χ2n) is 6.78. The van der Waals surface area contributed by atoms with Crippen molar-refractivity contribution in [2.24, 2.45) is 5.92 Å². The lowest BCUT2D eigenvalue weighted by molar-refractivity contribution is 0.0225. The first-order chi connectivity index (χ1) is 10.0. The second kappa shape index (κ2) is 7.42. The standard InChI is InChI=1S/C19H31NO/c1-5-16-10-12-17(13-11-16)19(21)15(3)20(4)18-9-7-6-8-14(18)2/h10-15,18-19,21H,5-9H2,1-4H3. The normalized spacial score (nSPS) is 25.8. The molecule has 0 bridgehead atoms. The Balaban J connectivity index is 2.04. The Labute approximate surface area is 130 Å². The van der Waals surface area contributed by atoms with Gasteiger partial charge in [0.05, 0.1) is 6.10 Å². The smallest absolute Gasteiger partial charge is 0.0942 e. The summed E-state index contributed by atoms with van der Waals surface area (Å²) in [6, 6.07) is 9.19. The van der Waals surface area contributed by atoms with E-state index in [1.165, 1.54) is 31.2 Å². The summed E-state index contributed by atoms with van der Waals surface area (Å²) in [5, 5.41) is 10.7. The Morgan fingerprint density at radius 2 is 1.81 bits per heavy atom. The van der Waals surface area contributed by atoms with E-state index in [0.717, 1.165) is 17.9 Å². The number of aliphatic hydroxyl groups is 1. The van der Waals surface area contributed by atoms with Crippen molar-refractivity contribution in [3.63, 3.8) is 0 Å². The number of rotatable bonds is 5. The third kappa shape index (κ3) is 3.87. The minimum atomic E-state index is -0.407. The third-order valence-corrected chi connectivity index (χ3v) is 5.42. The number of nitrogens with zero attached hydrogens (tertiary/aromatic N) is 1. The predicted octanol–water partition coefficient (Wildman–Crippen LogP) is 4.18. The maximum Gasteiger partial charge on any atom is 0.0942 e. The number of benzene rings is 1. The Hall–Kier alpha value is -0.860. The zero-order chi connectivity index (χ0) is 15.4. The quantitative estimate of drug-likeness (QED) is 0.879. The molecule has 2 rings (SSSR count). The summed E-state index contributed by atoms with van der Waals surface area (Å²) in [4.78, 5) is 2.40. The summed E-state index contributed by atoms with van der Waals surface area (Å²) in [6.07, 6.45) is 5.92. The number of hydrogen-bond donors (Lipinski definition) is 1. The SMILES string of the molecule is CCc1ccc(C(O)C(C)N(C)C2CCCCC2C)cc1. The van der Waals surface area contributed by atoms with Gasteiger partial charge in [-0.3, -0.25) is 4.90 Å². The van der Waals surface area contributed by atoms with Crippen molar-refractivity contribution in [1.29, 1.82) is 0 Å². The fourth-order valence-corrected chi connectivity index (χ4v) is 3.66. The first kappa shape index (κ1) is 16.5. The summed E-state index contributed by atoms with van der Waals surface area (Å²) in [6.45, 7) is 6.67. The molecule has 1 aliphatic rings. The fourth-order valence-electron chi connectivity index (χ4n) is 3.66. The van der Waals surface area contributed by atoms with Gasteiger partial charge < -0.3 is 5.11 Å². The van der Waals surface area contributed by atoms with Gasteiger partial charge in [-0.2, -0.15) is 0 Å². The molecular weight excluding hydrogens is 258 g/mol. The number of hydrogen-bond acceptors (Lipinski definition) is 2. The molecule has 118 valence electrons. The van der Waals surface area contributed by atoms with Crippen molar-refractivity contribution in [3.8, 4) is 0 Å². The Morgan fingerprint density at radius 3 is 2.38 bits per heavy atom. The lowest BCUT2D eigenvalue weighted by Crippen LogP contribution is -2.46. The first-order valence-corrected chi connectivity index (χ1v) is 8.53. The van der Waals surface area contributed by atoms with E-state index in [9.17, 15) is 5.11 Å². The second-order valence-corrected chi connectivity index (χ2v) is 6.78. The lowest BCUT2D eigenvalue weighted by atomic mass is 9.84. The van der Waals surface area contributed by atoms with Gasteiger partial charge in [0.15, 0.2) is 0 Å². The van der Waals surface area contributed by atoms with E-state index >= 15 is 0 Å².